The Labute approximate surface area is 174 Å². The molecular weight excluding hydrogens is 425 g/mol. The molecule has 158 valence electrons. The van der Waals surface area contributed by atoms with Crippen LogP contribution in [0.4, 0.5) is 13.2 Å². The van der Waals surface area contributed by atoms with E-state index in [-0.39, 0.29) is 55.4 Å². The smallest absolute Gasteiger partial charge is 0.416 e. The van der Waals surface area contributed by atoms with Crippen LogP contribution in [0, 0.1) is 0 Å². The quantitative estimate of drug-likeness (QED) is 0.714. The van der Waals surface area contributed by atoms with Crippen molar-refractivity contribution < 1.29 is 32.2 Å². The number of nitrogens with zero attached hydrogens (tertiary/aromatic N) is 2. The second-order valence-corrected chi connectivity index (χ2v) is 7.26. The summed E-state index contributed by atoms with van der Waals surface area (Å²) in [4.78, 5) is 28.5. The van der Waals surface area contributed by atoms with Crippen LogP contribution >= 0.6 is 11.6 Å². The van der Waals surface area contributed by atoms with E-state index in [1.807, 2.05) is 0 Å². The van der Waals surface area contributed by atoms with E-state index in [0.29, 0.717) is 17.1 Å². The Morgan fingerprint density at radius 1 is 0.867 bits per heavy atom. The topological polar surface area (TPSA) is 59.1 Å². The van der Waals surface area contributed by atoms with Crippen LogP contribution in [0.5, 0.6) is 11.5 Å². The predicted octanol–water partition coefficient (Wildman–Crippen LogP) is 3.69. The molecule has 0 N–H and O–H groups in total. The molecule has 0 bridgehead atoms. The van der Waals surface area contributed by atoms with E-state index >= 15 is 0 Å². The van der Waals surface area contributed by atoms with Crippen molar-refractivity contribution in [3.05, 3.63) is 58.1 Å². The summed E-state index contributed by atoms with van der Waals surface area (Å²) in [7, 11) is 0. The van der Waals surface area contributed by atoms with Gasteiger partial charge in [0.1, 0.15) is 0 Å². The highest BCUT2D eigenvalue weighted by molar-refractivity contribution is 6.32. The van der Waals surface area contributed by atoms with E-state index in [1.165, 1.54) is 11.0 Å². The summed E-state index contributed by atoms with van der Waals surface area (Å²) in [6.45, 7) is 1.15. The summed E-state index contributed by atoms with van der Waals surface area (Å²) < 4.78 is 48.5. The van der Waals surface area contributed by atoms with Gasteiger partial charge in [0.25, 0.3) is 11.8 Å². The fraction of sp³-hybridized carbons (Fsp3) is 0.300. The third kappa shape index (κ3) is 3.89. The third-order valence-electron chi connectivity index (χ3n) is 4.99. The summed E-state index contributed by atoms with van der Waals surface area (Å²) in [5, 5.41) is 0.282. The van der Waals surface area contributed by atoms with Gasteiger partial charge in [-0.05, 0) is 36.4 Å². The highest BCUT2D eigenvalue weighted by atomic mass is 35.5. The Kier molecular flexibility index (Phi) is 5.23. The Morgan fingerprint density at radius 3 is 2.00 bits per heavy atom. The van der Waals surface area contributed by atoms with Crippen LogP contribution in [-0.4, -0.2) is 54.6 Å². The first kappa shape index (κ1) is 20.3. The van der Waals surface area contributed by atoms with Crippen LogP contribution in [0.15, 0.2) is 36.4 Å². The minimum Gasteiger partial charge on any atom is -0.454 e. The van der Waals surface area contributed by atoms with Gasteiger partial charge >= 0.3 is 6.18 Å². The zero-order valence-electron chi connectivity index (χ0n) is 15.5. The number of ether oxygens (including phenoxy) is 2. The Hall–Kier alpha value is -2.94. The first-order valence-corrected chi connectivity index (χ1v) is 9.47. The fourth-order valence-electron chi connectivity index (χ4n) is 3.37. The van der Waals surface area contributed by atoms with E-state index in [9.17, 15) is 22.8 Å². The predicted molar refractivity (Wildman–Crippen MR) is 101 cm³/mol. The lowest BCUT2D eigenvalue weighted by Gasteiger charge is -2.35. The van der Waals surface area contributed by atoms with Crippen molar-refractivity contribution in [1.29, 1.82) is 0 Å². The molecule has 10 heteroatoms. The van der Waals surface area contributed by atoms with Crippen LogP contribution < -0.4 is 9.47 Å². The number of fused-ring (bicyclic) bond motifs is 1. The maximum Gasteiger partial charge on any atom is 0.416 e. The summed E-state index contributed by atoms with van der Waals surface area (Å²) in [6.07, 6.45) is -4.45. The van der Waals surface area contributed by atoms with Gasteiger partial charge in [0.15, 0.2) is 11.5 Å². The number of hydrogen-bond acceptors (Lipinski definition) is 4. The molecule has 2 aliphatic heterocycles. The van der Waals surface area contributed by atoms with Crippen molar-refractivity contribution in [3.8, 4) is 11.5 Å². The molecule has 0 aliphatic carbocycles. The van der Waals surface area contributed by atoms with Crippen molar-refractivity contribution in [2.45, 2.75) is 6.18 Å². The zero-order valence-corrected chi connectivity index (χ0v) is 16.3. The van der Waals surface area contributed by atoms with Crippen molar-refractivity contribution in [1.82, 2.24) is 9.80 Å². The third-order valence-corrected chi connectivity index (χ3v) is 5.27. The lowest BCUT2D eigenvalue weighted by molar-refractivity contribution is -0.137. The molecule has 2 aromatic rings. The van der Waals surface area contributed by atoms with Crippen LogP contribution in [-0.2, 0) is 6.18 Å². The zero-order chi connectivity index (χ0) is 21.5. The molecular formula is C20H16ClF3N2O4. The second-order valence-electron chi connectivity index (χ2n) is 6.85. The Bertz CT molecular complexity index is 987. The van der Waals surface area contributed by atoms with E-state index < -0.39 is 11.7 Å². The van der Waals surface area contributed by atoms with Gasteiger partial charge in [0.2, 0.25) is 6.79 Å². The first-order chi connectivity index (χ1) is 14.2. The van der Waals surface area contributed by atoms with Crippen LogP contribution in [0.2, 0.25) is 5.02 Å². The lowest BCUT2D eigenvalue weighted by atomic mass is 10.1. The van der Waals surface area contributed by atoms with Gasteiger partial charge in [-0.3, -0.25) is 9.59 Å². The number of halogens is 4. The first-order valence-electron chi connectivity index (χ1n) is 9.09. The minimum atomic E-state index is -4.45. The maximum absolute atomic E-state index is 12.8. The normalized spacial score (nSPS) is 16.0. The number of alkyl halides is 3. The molecule has 1 saturated heterocycles. The van der Waals surface area contributed by atoms with E-state index in [2.05, 4.69) is 0 Å². The molecule has 2 aliphatic rings. The Balaban J connectivity index is 1.39. The summed E-state index contributed by atoms with van der Waals surface area (Å²) >= 11 is 6.13. The monoisotopic (exact) mass is 440 g/mol. The molecule has 0 unspecified atom stereocenters. The summed E-state index contributed by atoms with van der Waals surface area (Å²) in [5.41, 5.74) is -0.283. The van der Waals surface area contributed by atoms with Crippen molar-refractivity contribution >= 4 is 23.4 Å². The van der Waals surface area contributed by atoms with Gasteiger partial charge in [-0.1, -0.05) is 11.6 Å². The van der Waals surface area contributed by atoms with E-state index in [4.69, 9.17) is 21.1 Å². The summed E-state index contributed by atoms with van der Waals surface area (Å²) in [6, 6.07) is 7.18. The average Bonchev–Trinajstić information content (AvgIpc) is 3.22. The van der Waals surface area contributed by atoms with Gasteiger partial charge in [0.05, 0.1) is 10.6 Å². The molecule has 2 aromatic carbocycles. The second kappa shape index (κ2) is 7.71. The number of hydrogen-bond donors (Lipinski definition) is 0. The highest BCUT2D eigenvalue weighted by Crippen LogP contribution is 2.40. The molecule has 0 radical (unpaired) electrons. The fourth-order valence-corrected chi connectivity index (χ4v) is 3.64. The molecule has 6 nitrogen and oxygen atoms in total. The van der Waals surface area contributed by atoms with Gasteiger partial charge in [-0.2, -0.15) is 13.2 Å². The molecule has 0 atom stereocenters. The molecule has 4 rings (SSSR count). The number of carbonyl (C=O) groups is 2. The van der Waals surface area contributed by atoms with Crippen LogP contribution in [0.1, 0.15) is 26.3 Å². The molecule has 2 amide bonds. The highest BCUT2D eigenvalue weighted by Gasteiger charge is 2.31. The maximum atomic E-state index is 12.8. The number of carbonyl (C=O) groups excluding carboxylic acids is 2. The average molecular weight is 441 g/mol. The van der Waals surface area contributed by atoms with Crippen LogP contribution in [0.3, 0.4) is 0 Å². The van der Waals surface area contributed by atoms with E-state index in [0.717, 1.165) is 24.3 Å². The number of rotatable bonds is 2. The molecule has 0 saturated carbocycles. The minimum absolute atomic E-state index is 0.0391. The molecule has 0 spiro atoms. The van der Waals surface area contributed by atoms with Gasteiger partial charge in [-0.25, -0.2) is 0 Å². The van der Waals surface area contributed by atoms with Gasteiger partial charge in [0, 0.05) is 37.3 Å². The number of benzene rings is 2. The molecule has 0 aromatic heterocycles. The van der Waals surface area contributed by atoms with Gasteiger partial charge < -0.3 is 19.3 Å². The molecule has 1 fully saturated rings. The standard InChI is InChI=1S/C20H16ClF3N2O4/c21-15-9-13(10-16-17(15)30-11-29-16)19(28)26-7-5-25(6-8-26)18(27)12-1-3-14(4-2-12)20(22,23)24/h1-4,9-10H,5-8,11H2. The lowest BCUT2D eigenvalue weighted by Crippen LogP contribution is -2.50. The van der Waals surface area contributed by atoms with Crippen molar-refractivity contribution in [3.63, 3.8) is 0 Å². The Morgan fingerprint density at radius 2 is 1.43 bits per heavy atom. The van der Waals surface area contributed by atoms with Gasteiger partial charge in [-0.15, -0.1) is 0 Å². The van der Waals surface area contributed by atoms with Crippen molar-refractivity contribution in [2.24, 2.45) is 0 Å². The molecule has 30 heavy (non-hydrogen) atoms. The SMILES string of the molecule is O=C(c1ccc(C(F)(F)F)cc1)N1CCN(C(=O)c2cc(Cl)c3c(c2)OCO3)CC1. The number of amides is 2. The summed E-state index contributed by atoms with van der Waals surface area (Å²) in [5.74, 6) is 0.181. The molecule has 2 heterocycles. The largest absolute Gasteiger partial charge is 0.454 e. The van der Waals surface area contributed by atoms with E-state index in [1.54, 1.807) is 11.0 Å². The number of piperazine rings is 1. The van der Waals surface area contributed by atoms with Crippen molar-refractivity contribution in [2.75, 3.05) is 33.0 Å². The van der Waals surface area contributed by atoms with Crippen LogP contribution in [0.25, 0.3) is 0 Å².